The van der Waals surface area contributed by atoms with Crippen LogP contribution >= 0.6 is 0 Å². The van der Waals surface area contributed by atoms with Gasteiger partial charge in [-0.3, -0.25) is 14.6 Å². The maximum absolute atomic E-state index is 13.1. The molecule has 0 aliphatic carbocycles. The Kier molecular flexibility index (Phi) is 7.10. The lowest BCUT2D eigenvalue weighted by Gasteiger charge is -2.32. The minimum atomic E-state index is -0.144. The number of hydrogen-bond acceptors (Lipinski definition) is 7. The monoisotopic (exact) mass is 464 g/mol. The van der Waals surface area contributed by atoms with Gasteiger partial charge >= 0.3 is 0 Å². The van der Waals surface area contributed by atoms with Crippen molar-refractivity contribution in [3.63, 3.8) is 0 Å². The molecule has 34 heavy (non-hydrogen) atoms. The molecule has 2 amide bonds. The zero-order valence-corrected chi connectivity index (χ0v) is 19.5. The molecule has 178 valence electrons. The van der Waals surface area contributed by atoms with Crippen molar-refractivity contribution in [2.45, 2.75) is 39.3 Å². The van der Waals surface area contributed by atoms with E-state index >= 15 is 0 Å². The number of hydrogen-bond donors (Lipinski definition) is 1. The normalized spacial score (nSPS) is 14.0. The molecule has 2 aromatic heterocycles. The first kappa shape index (κ1) is 23.3. The number of methoxy groups -OCH3 is 1. The summed E-state index contributed by atoms with van der Waals surface area (Å²) in [4.78, 5) is 31.2. The second-order valence-electron chi connectivity index (χ2n) is 8.24. The lowest BCUT2D eigenvalue weighted by atomic mass is 10.0. The number of nitrogens with one attached hydrogen (secondary N) is 1. The lowest BCUT2D eigenvalue weighted by Crippen LogP contribution is -2.46. The number of likely N-dealkylation sites (tertiary alicyclic amines) is 1. The summed E-state index contributed by atoms with van der Waals surface area (Å²) in [7, 11) is 1.54. The quantitative estimate of drug-likeness (QED) is 0.572. The van der Waals surface area contributed by atoms with Crippen LogP contribution in [0.25, 0.3) is 0 Å². The van der Waals surface area contributed by atoms with Crippen LogP contribution in [0.5, 0.6) is 11.5 Å². The van der Waals surface area contributed by atoms with Crippen molar-refractivity contribution in [3.05, 3.63) is 70.9 Å². The summed E-state index contributed by atoms with van der Waals surface area (Å²) in [6, 6.07) is 8.66. The lowest BCUT2D eigenvalue weighted by molar-refractivity contribution is 0.0697. The molecular formula is C25H28N4O5. The van der Waals surface area contributed by atoms with E-state index in [4.69, 9.17) is 14.0 Å². The van der Waals surface area contributed by atoms with Crippen LogP contribution < -0.4 is 14.8 Å². The van der Waals surface area contributed by atoms with Gasteiger partial charge in [-0.15, -0.1) is 0 Å². The van der Waals surface area contributed by atoms with Gasteiger partial charge in [0.05, 0.1) is 23.9 Å². The third-order valence-electron chi connectivity index (χ3n) is 6.00. The first-order valence-electron chi connectivity index (χ1n) is 11.2. The van der Waals surface area contributed by atoms with Crippen molar-refractivity contribution in [1.29, 1.82) is 0 Å². The summed E-state index contributed by atoms with van der Waals surface area (Å²) in [5.74, 6) is 1.51. The van der Waals surface area contributed by atoms with E-state index < -0.39 is 0 Å². The Hall–Kier alpha value is -3.88. The Morgan fingerprint density at radius 3 is 2.59 bits per heavy atom. The second kappa shape index (κ2) is 10.4. The molecule has 0 saturated carbocycles. The summed E-state index contributed by atoms with van der Waals surface area (Å²) in [5, 5.41) is 6.96. The molecule has 1 aliphatic heterocycles. The predicted octanol–water partition coefficient (Wildman–Crippen LogP) is 3.31. The fourth-order valence-electron chi connectivity index (χ4n) is 3.95. The van der Waals surface area contributed by atoms with Crippen molar-refractivity contribution in [2.75, 3.05) is 20.2 Å². The number of amides is 2. The van der Waals surface area contributed by atoms with E-state index in [0.717, 1.165) is 11.3 Å². The van der Waals surface area contributed by atoms with Crippen LogP contribution in [-0.4, -0.2) is 53.1 Å². The molecular weight excluding hydrogens is 436 g/mol. The smallest absolute Gasteiger partial charge is 0.253 e. The molecule has 0 spiro atoms. The second-order valence-corrected chi connectivity index (χ2v) is 8.24. The number of carbonyl (C=O) groups excluding carboxylic acids is 2. The highest BCUT2D eigenvalue weighted by molar-refractivity contribution is 5.95. The Morgan fingerprint density at radius 2 is 1.94 bits per heavy atom. The molecule has 0 radical (unpaired) electrons. The third kappa shape index (κ3) is 5.19. The Balaban J connectivity index is 1.34. The van der Waals surface area contributed by atoms with Gasteiger partial charge in [0.15, 0.2) is 11.5 Å². The van der Waals surface area contributed by atoms with Crippen LogP contribution in [-0.2, 0) is 6.61 Å². The van der Waals surface area contributed by atoms with E-state index in [9.17, 15) is 9.59 Å². The molecule has 0 atom stereocenters. The summed E-state index contributed by atoms with van der Waals surface area (Å²) >= 11 is 0. The van der Waals surface area contributed by atoms with Crippen LogP contribution in [0.15, 0.2) is 47.2 Å². The van der Waals surface area contributed by atoms with Crippen molar-refractivity contribution in [2.24, 2.45) is 0 Å². The van der Waals surface area contributed by atoms with Crippen molar-refractivity contribution in [1.82, 2.24) is 20.4 Å². The molecule has 4 rings (SSSR count). The number of nitrogens with zero attached hydrogens (tertiary/aromatic N) is 3. The van der Waals surface area contributed by atoms with Gasteiger partial charge in [-0.05, 0) is 57.0 Å². The predicted molar refractivity (Wildman–Crippen MR) is 124 cm³/mol. The largest absolute Gasteiger partial charge is 0.493 e. The van der Waals surface area contributed by atoms with Gasteiger partial charge in [0.2, 0.25) is 0 Å². The van der Waals surface area contributed by atoms with Gasteiger partial charge in [-0.2, -0.15) is 0 Å². The number of rotatable bonds is 7. The highest BCUT2D eigenvalue weighted by atomic mass is 16.5. The van der Waals surface area contributed by atoms with E-state index in [0.29, 0.717) is 60.9 Å². The van der Waals surface area contributed by atoms with Crippen LogP contribution in [0.3, 0.4) is 0 Å². The number of pyridine rings is 1. The number of benzene rings is 1. The number of aromatic nitrogens is 2. The van der Waals surface area contributed by atoms with Crippen LogP contribution in [0.1, 0.15) is 50.6 Å². The summed E-state index contributed by atoms with van der Waals surface area (Å²) in [5.41, 5.74) is 2.73. The number of carbonyl (C=O) groups is 2. The molecule has 3 heterocycles. The molecule has 9 nitrogen and oxygen atoms in total. The standard InChI is InChI=1S/C25H28N4O5/c1-16-21(17(2)34-28-16)15-33-22-7-6-18(13-23(22)32-3)25(31)29-11-8-20(9-12-29)27-24(30)19-5-4-10-26-14-19/h4-7,10,13-14,20H,8-9,11-12,15H2,1-3H3,(H,27,30). The minimum absolute atomic E-state index is 0.0198. The number of aryl methyl sites for hydroxylation is 2. The zero-order chi connectivity index (χ0) is 24.1. The molecule has 0 bridgehead atoms. The Bertz CT molecular complexity index is 1130. The average molecular weight is 465 g/mol. The van der Waals surface area contributed by atoms with E-state index in [1.807, 2.05) is 13.8 Å². The van der Waals surface area contributed by atoms with Gasteiger partial charge in [0.25, 0.3) is 11.8 Å². The van der Waals surface area contributed by atoms with E-state index in [-0.39, 0.29) is 17.9 Å². The van der Waals surface area contributed by atoms with E-state index in [2.05, 4.69) is 15.5 Å². The molecule has 1 saturated heterocycles. The maximum Gasteiger partial charge on any atom is 0.253 e. The fourth-order valence-corrected chi connectivity index (χ4v) is 3.95. The average Bonchev–Trinajstić information content (AvgIpc) is 3.20. The highest BCUT2D eigenvalue weighted by Crippen LogP contribution is 2.30. The zero-order valence-electron chi connectivity index (χ0n) is 19.5. The van der Waals surface area contributed by atoms with Crippen molar-refractivity contribution < 1.29 is 23.6 Å². The fraction of sp³-hybridized carbons (Fsp3) is 0.360. The summed E-state index contributed by atoms with van der Waals surface area (Å²) in [6.07, 6.45) is 4.55. The molecule has 1 aliphatic rings. The van der Waals surface area contributed by atoms with E-state index in [1.165, 1.54) is 0 Å². The number of piperidine rings is 1. The molecule has 1 N–H and O–H groups in total. The first-order valence-corrected chi connectivity index (χ1v) is 11.2. The molecule has 0 unspecified atom stereocenters. The van der Waals surface area contributed by atoms with Gasteiger partial charge in [0, 0.05) is 37.1 Å². The maximum atomic E-state index is 13.1. The van der Waals surface area contributed by atoms with E-state index in [1.54, 1.807) is 54.7 Å². The Labute approximate surface area is 198 Å². The van der Waals surface area contributed by atoms with Crippen molar-refractivity contribution in [3.8, 4) is 11.5 Å². The summed E-state index contributed by atoms with van der Waals surface area (Å²) in [6.45, 7) is 5.11. The van der Waals surface area contributed by atoms with Crippen LogP contribution in [0.4, 0.5) is 0 Å². The van der Waals surface area contributed by atoms with Crippen molar-refractivity contribution >= 4 is 11.8 Å². The topological polar surface area (TPSA) is 107 Å². The minimum Gasteiger partial charge on any atom is -0.493 e. The summed E-state index contributed by atoms with van der Waals surface area (Å²) < 4.78 is 16.5. The Morgan fingerprint density at radius 1 is 1.15 bits per heavy atom. The molecule has 1 aromatic carbocycles. The highest BCUT2D eigenvalue weighted by Gasteiger charge is 2.25. The first-order chi connectivity index (χ1) is 16.5. The molecule has 9 heteroatoms. The van der Waals surface area contributed by atoms with Gasteiger partial charge < -0.3 is 24.2 Å². The molecule has 3 aromatic rings. The molecule has 1 fully saturated rings. The van der Waals surface area contributed by atoms with Gasteiger partial charge in [0.1, 0.15) is 12.4 Å². The van der Waals surface area contributed by atoms with Gasteiger partial charge in [-0.1, -0.05) is 5.16 Å². The SMILES string of the molecule is COc1cc(C(=O)N2CCC(NC(=O)c3cccnc3)CC2)ccc1OCc1c(C)noc1C. The third-order valence-corrected chi connectivity index (χ3v) is 6.00. The number of ether oxygens (including phenoxy) is 2. The van der Waals surface area contributed by atoms with Gasteiger partial charge in [-0.25, -0.2) is 0 Å². The van der Waals surface area contributed by atoms with Crippen LogP contribution in [0.2, 0.25) is 0 Å². The van der Waals surface area contributed by atoms with Crippen LogP contribution in [0, 0.1) is 13.8 Å².